The molecule has 3 aromatic carbocycles. The minimum Gasteiger partial charge on any atom is -0.322 e. The highest BCUT2D eigenvalue weighted by Gasteiger charge is 2.06. The average molecular weight is 381 g/mol. The molecular weight excluding hydrogens is 362 g/mol. The molecule has 0 bridgehead atoms. The van der Waals surface area contributed by atoms with Gasteiger partial charge in [-0.05, 0) is 48.0 Å². The van der Waals surface area contributed by atoms with Gasteiger partial charge in [0, 0.05) is 11.3 Å². The smallest absolute Gasteiger partial charge is 0.279 e. The predicted molar refractivity (Wildman–Crippen MR) is 116 cm³/mol. The minimum atomic E-state index is -0.168. The van der Waals surface area contributed by atoms with Crippen molar-refractivity contribution >= 4 is 24.2 Å². The lowest BCUT2D eigenvalue weighted by Crippen LogP contribution is -2.33. The fourth-order valence-electron chi connectivity index (χ4n) is 3.03. The largest absolute Gasteiger partial charge is 0.322 e. The SMILES string of the molecule is C=c1[nH]n(-c2ccccc2)c(=O)/c1=C\c1ccc(NC(=O)c2ccccc2)cc1. The van der Waals surface area contributed by atoms with E-state index in [4.69, 9.17) is 0 Å². The van der Waals surface area contributed by atoms with Gasteiger partial charge in [0.25, 0.3) is 11.5 Å². The molecule has 1 aromatic heterocycles. The number of rotatable bonds is 4. The molecule has 0 aliphatic carbocycles. The highest BCUT2D eigenvalue weighted by atomic mass is 16.1. The van der Waals surface area contributed by atoms with E-state index in [1.807, 2.05) is 60.7 Å². The lowest BCUT2D eigenvalue weighted by atomic mass is 10.1. The molecule has 5 nitrogen and oxygen atoms in total. The minimum absolute atomic E-state index is 0.164. The molecule has 4 rings (SSSR count). The number of amides is 1. The van der Waals surface area contributed by atoms with Gasteiger partial charge in [-0.1, -0.05) is 55.1 Å². The lowest BCUT2D eigenvalue weighted by Gasteiger charge is -2.05. The van der Waals surface area contributed by atoms with Gasteiger partial charge in [-0.3, -0.25) is 14.7 Å². The molecule has 5 heteroatoms. The van der Waals surface area contributed by atoms with Crippen LogP contribution in [0.1, 0.15) is 15.9 Å². The molecule has 0 aliphatic heterocycles. The molecule has 0 unspecified atom stereocenters. The fraction of sp³-hybridized carbons (Fsp3) is 0. The van der Waals surface area contributed by atoms with Crippen LogP contribution >= 0.6 is 0 Å². The van der Waals surface area contributed by atoms with Gasteiger partial charge >= 0.3 is 0 Å². The Morgan fingerprint density at radius 1 is 0.897 bits per heavy atom. The number of nitrogens with zero attached hydrogens (tertiary/aromatic N) is 1. The van der Waals surface area contributed by atoms with Crippen molar-refractivity contribution in [3.8, 4) is 5.69 Å². The molecule has 0 saturated carbocycles. The van der Waals surface area contributed by atoms with Crippen molar-refractivity contribution in [3.05, 3.63) is 117 Å². The van der Waals surface area contributed by atoms with Gasteiger partial charge in [0.1, 0.15) is 0 Å². The van der Waals surface area contributed by atoms with Crippen LogP contribution in [0.4, 0.5) is 5.69 Å². The van der Waals surface area contributed by atoms with Gasteiger partial charge in [-0.2, -0.15) is 0 Å². The number of anilines is 1. The highest BCUT2D eigenvalue weighted by molar-refractivity contribution is 6.04. The molecule has 0 aliphatic rings. The summed E-state index contributed by atoms with van der Waals surface area (Å²) in [5.41, 5.74) is 2.70. The molecule has 0 atom stereocenters. The standard InChI is InChI=1S/C24H19N3O2/c1-17-22(24(29)27(26-17)21-10-6-3-7-11-21)16-18-12-14-20(15-13-18)25-23(28)19-8-4-2-5-9-19/h2-16,26H,1H2,(H,25,28)/b22-16-. The zero-order valence-corrected chi connectivity index (χ0v) is 15.6. The van der Waals surface area contributed by atoms with Gasteiger partial charge in [-0.15, -0.1) is 0 Å². The van der Waals surface area contributed by atoms with Crippen LogP contribution in [0.15, 0.2) is 89.7 Å². The van der Waals surface area contributed by atoms with Crippen LogP contribution in [-0.4, -0.2) is 15.7 Å². The van der Waals surface area contributed by atoms with Crippen molar-refractivity contribution in [2.24, 2.45) is 0 Å². The Morgan fingerprint density at radius 3 is 2.17 bits per heavy atom. The summed E-state index contributed by atoms with van der Waals surface area (Å²) in [4.78, 5) is 25.0. The van der Waals surface area contributed by atoms with E-state index in [9.17, 15) is 9.59 Å². The molecule has 1 heterocycles. The van der Waals surface area contributed by atoms with Crippen molar-refractivity contribution in [3.63, 3.8) is 0 Å². The molecular formula is C24H19N3O2. The second-order valence-corrected chi connectivity index (χ2v) is 6.57. The van der Waals surface area contributed by atoms with Crippen molar-refractivity contribution in [2.75, 3.05) is 5.32 Å². The van der Waals surface area contributed by atoms with E-state index in [1.54, 1.807) is 30.3 Å². The van der Waals surface area contributed by atoms with Gasteiger partial charge in [0.15, 0.2) is 0 Å². The summed E-state index contributed by atoms with van der Waals surface area (Å²) in [5.74, 6) is -0.168. The summed E-state index contributed by atoms with van der Waals surface area (Å²) in [6.45, 7) is 3.95. The Hall–Kier alpha value is -4.12. The predicted octanol–water partition coefficient (Wildman–Crippen LogP) is 2.66. The first kappa shape index (κ1) is 18.3. The molecule has 0 spiro atoms. The van der Waals surface area contributed by atoms with Crippen LogP contribution in [0.25, 0.3) is 18.3 Å². The third-order valence-electron chi connectivity index (χ3n) is 4.54. The normalized spacial score (nSPS) is 11.4. The third kappa shape index (κ3) is 3.94. The first-order chi connectivity index (χ1) is 14.1. The monoisotopic (exact) mass is 381 g/mol. The molecule has 29 heavy (non-hydrogen) atoms. The number of nitrogens with one attached hydrogen (secondary N) is 2. The summed E-state index contributed by atoms with van der Waals surface area (Å²) >= 11 is 0. The van der Waals surface area contributed by atoms with Crippen LogP contribution in [0.2, 0.25) is 0 Å². The molecule has 2 N–H and O–H groups in total. The van der Waals surface area contributed by atoms with Crippen LogP contribution in [0, 0.1) is 0 Å². The Kier molecular flexibility index (Phi) is 4.95. The first-order valence-corrected chi connectivity index (χ1v) is 9.15. The highest BCUT2D eigenvalue weighted by Crippen LogP contribution is 2.12. The van der Waals surface area contributed by atoms with Gasteiger partial charge in [-0.25, -0.2) is 4.68 Å². The summed E-state index contributed by atoms with van der Waals surface area (Å²) in [6.07, 6.45) is 1.78. The molecule has 0 radical (unpaired) electrons. The second-order valence-electron chi connectivity index (χ2n) is 6.57. The van der Waals surface area contributed by atoms with E-state index in [-0.39, 0.29) is 11.5 Å². The summed E-state index contributed by atoms with van der Waals surface area (Å²) in [6, 6.07) is 25.7. The van der Waals surface area contributed by atoms with Crippen LogP contribution in [-0.2, 0) is 0 Å². The Bertz CT molecular complexity index is 1300. The number of carbonyl (C=O) groups is 1. The zero-order chi connectivity index (χ0) is 20.2. The Labute approximate surface area is 167 Å². The number of hydrogen-bond donors (Lipinski definition) is 2. The quantitative estimate of drug-likeness (QED) is 0.571. The van der Waals surface area contributed by atoms with Crippen LogP contribution < -0.4 is 21.4 Å². The van der Waals surface area contributed by atoms with Gasteiger partial charge < -0.3 is 5.32 Å². The van der Waals surface area contributed by atoms with E-state index in [2.05, 4.69) is 17.0 Å². The number of aromatic nitrogens is 2. The first-order valence-electron chi connectivity index (χ1n) is 9.15. The number of carbonyl (C=O) groups excluding carboxylic acids is 1. The van der Waals surface area contributed by atoms with E-state index < -0.39 is 0 Å². The van der Waals surface area contributed by atoms with Crippen molar-refractivity contribution < 1.29 is 4.79 Å². The Morgan fingerprint density at radius 2 is 1.52 bits per heavy atom. The third-order valence-corrected chi connectivity index (χ3v) is 4.54. The van der Waals surface area contributed by atoms with E-state index in [1.165, 1.54) is 4.68 Å². The number of aromatic amines is 1. The lowest BCUT2D eigenvalue weighted by molar-refractivity contribution is 0.102. The zero-order valence-electron chi connectivity index (χ0n) is 15.6. The topological polar surface area (TPSA) is 66.9 Å². The molecule has 142 valence electrons. The van der Waals surface area contributed by atoms with E-state index in [0.29, 0.717) is 21.8 Å². The maximum absolute atomic E-state index is 12.8. The summed E-state index contributed by atoms with van der Waals surface area (Å²) < 4.78 is 1.47. The van der Waals surface area contributed by atoms with Gasteiger partial charge in [0.2, 0.25) is 0 Å². The summed E-state index contributed by atoms with van der Waals surface area (Å²) in [7, 11) is 0. The number of para-hydroxylation sites is 1. The number of H-pyrrole nitrogens is 1. The van der Waals surface area contributed by atoms with Crippen molar-refractivity contribution in [1.82, 2.24) is 9.78 Å². The van der Waals surface area contributed by atoms with E-state index in [0.717, 1.165) is 11.3 Å². The number of benzene rings is 3. The van der Waals surface area contributed by atoms with Crippen molar-refractivity contribution in [1.29, 1.82) is 0 Å². The maximum Gasteiger partial charge on any atom is 0.279 e. The Balaban J connectivity index is 1.60. The number of hydrogen-bond acceptors (Lipinski definition) is 2. The molecule has 4 aromatic rings. The molecule has 0 fully saturated rings. The van der Waals surface area contributed by atoms with Crippen LogP contribution in [0.5, 0.6) is 0 Å². The molecule has 0 saturated heterocycles. The summed E-state index contributed by atoms with van der Waals surface area (Å²) in [5, 5.41) is 6.91. The average Bonchev–Trinajstić information content (AvgIpc) is 3.04. The second kappa shape index (κ2) is 7.86. The fourth-order valence-corrected chi connectivity index (χ4v) is 3.03. The maximum atomic E-state index is 12.8. The molecule has 1 amide bonds. The van der Waals surface area contributed by atoms with Crippen LogP contribution in [0.3, 0.4) is 0 Å². The van der Waals surface area contributed by atoms with E-state index >= 15 is 0 Å². The van der Waals surface area contributed by atoms with Crippen molar-refractivity contribution in [2.45, 2.75) is 0 Å². The van der Waals surface area contributed by atoms with Gasteiger partial charge in [0.05, 0.1) is 16.3 Å².